The zero-order valence-corrected chi connectivity index (χ0v) is 10.4. The molecule has 17 heavy (non-hydrogen) atoms. The van der Waals surface area contributed by atoms with Crippen LogP contribution in [0.1, 0.15) is 30.0 Å². The summed E-state index contributed by atoms with van der Waals surface area (Å²) in [6.45, 7) is 1.73. The molecule has 0 amide bonds. The molecule has 4 heteroatoms. The Kier molecular flexibility index (Phi) is 5.10. The summed E-state index contributed by atoms with van der Waals surface area (Å²) in [6, 6.07) is 5.02. The van der Waals surface area contributed by atoms with Crippen LogP contribution in [-0.2, 0) is 9.53 Å². The molecule has 1 unspecified atom stereocenters. The van der Waals surface area contributed by atoms with Gasteiger partial charge in [-0.1, -0.05) is 12.1 Å². The highest BCUT2D eigenvalue weighted by Gasteiger charge is 2.12. The molecular weight excluding hydrogens is 221 g/mol. The second-order valence-corrected chi connectivity index (χ2v) is 3.96. The fourth-order valence-electron chi connectivity index (χ4n) is 1.73. The number of hydrogen-bond donors (Lipinski definition) is 1. The van der Waals surface area contributed by atoms with Crippen molar-refractivity contribution in [2.75, 3.05) is 14.2 Å². The van der Waals surface area contributed by atoms with Crippen molar-refractivity contribution in [3.8, 4) is 0 Å². The van der Waals surface area contributed by atoms with Crippen molar-refractivity contribution in [2.24, 2.45) is 0 Å². The minimum absolute atomic E-state index is 0.0356. The zero-order chi connectivity index (χ0) is 12.8. The normalized spacial score (nSPS) is 12.2. The Morgan fingerprint density at radius 2 is 2.24 bits per heavy atom. The Labute approximate surface area is 101 Å². The number of carbonyl (C=O) groups is 1. The van der Waals surface area contributed by atoms with Crippen LogP contribution >= 0.6 is 0 Å². The molecule has 94 valence electrons. The van der Waals surface area contributed by atoms with Gasteiger partial charge in [0.25, 0.3) is 0 Å². The molecule has 0 fully saturated rings. The molecule has 1 atom stereocenters. The summed E-state index contributed by atoms with van der Waals surface area (Å²) in [5.41, 5.74) is 1.59. The molecule has 0 spiro atoms. The fourth-order valence-corrected chi connectivity index (χ4v) is 1.73. The first-order valence-corrected chi connectivity index (χ1v) is 5.58. The number of rotatable bonds is 5. The lowest BCUT2D eigenvalue weighted by atomic mass is 10.00. The van der Waals surface area contributed by atoms with Crippen molar-refractivity contribution < 1.29 is 13.9 Å². The van der Waals surface area contributed by atoms with E-state index in [-0.39, 0.29) is 17.8 Å². The number of methoxy groups -OCH3 is 1. The van der Waals surface area contributed by atoms with Crippen molar-refractivity contribution in [3.05, 3.63) is 35.1 Å². The van der Waals surface area contributed by atoms with E-state index in [0.717, 1.165) is 5.56 Å². The zero-order valence-electron chi connectivity index (χ0n) is 10.4. The van der Waals surface area contributed by atoms with Gasteiger partial charge in [-0.25, -0.2) is 4.39 Å². The number of nitrogens with one attached hydrogen (secondary N) is 1. The maximum Gasteiger partial charge on any atom is 0.305 e. The molecule has 0 saturated carbocycles. The Morgan fingerprint density at radius 1 is 1.53 bits per heavy atom. The van der Waals surface area contributed by atoms with E-state index in [4.69, 9.17) is 0 Å². The van der Waals surface area contributed by atoms with Crippen LogP contribution in [0.4, 0.5) is 4.39 Å². The highest BCUT2D eigenvalue weighted by atomic mass is 19.1. The third-order valence-electron chi connectivity index (χ3n) is 2.80. The third-order valence-corrected chi connectivity index (χ3v) is 2.80. The first-order chi connectivity index (χ1) is 8.08. The SMILES string of the molecule is CNC(CCC(=O)OC)c1ccc(F)c(C)c1. The van der Waals surface area contributed by atoms with Gasteiger partial charge in [0.15, 0.2) is 0 Å². The molecule has 0 heterocycles. The van der Waals surface area contributed by atoms with Crippen LogP contribution in [0.3, 0.4) is 0 Å². The average Bonchev–Trinajstić information content (AvgIpc) is 2.33. The summed E-state index contributed by atoms with van der Waals surface area (Å²) in [5, 5.41) is 3.11. The lowest BCUT2D eigenvalue weighted by molar-refractivity contribution is -0.140. The molecule has 0 aliphatic heterocycles. The number of esters is 1. The molecule has 1 rings (SSSR count). The number of halogens is 1. The topological polar surface area (TPSA) is 38.3 Å². The molecule has 1 aromatic rings. The minimum atomic E-state index is -0.232. The quantitative estimate of drug-likeness (QED) is 0.801. The summed E-state index contributed by atoms with van der Waals surface area (Å²) in [6.07, 6.45) is 0.979. The largest absolute Gasteiger partial charge is 0.469 e. The van der Waals surface area contributed by atoms with Crippen LogP contribution in [0.5, 0.6) is 0 Å². The second kappa shape index (κ2) is 6.35. The van der Waals surface area contributed by atoms with Crippen molar-refractivity contribution in [1.82, 2.24) is 5.32 Å². The van der Waals surface area contributed by atoms with Crippen LogP contribution in [-0.4, -0.2) is 20.1 Å². The van der Waals surface area contributed by atoms with Crippen molar-refractivity contribution in [2.45, 2.75) is 25.8 Å². The Bertz CT molecular complexity index is 393. The van der Waals surface area contributed by atoms with Gasteiger partial charge < -0.3 is 10.1 Å². The third kappa shape index (κ3) is 3.82. The van der Waals surface area contributed by atoms with Crippen LogP contribution in [0, 0.1) is 12.7 Å². The highest BCUT2D eigenvalue weighted by Crippen LogP contribution is 2.20. The van der Waals surface area contributed by atoms with Crippen LogP contribution in [0.2, 0.25) is 0 Å². The molecule has 0 radical (unpaired) electrons. The molecule has 0 saturated heterocycles. The smallest absolute Gasteiger partial charge is 0.305 e. The highest BCUT2D eigenvalue weighted by molar-refractivity contribution is 5.69. The van der Waals surface area contributed by atoms with E-state index in [1.807, 2.05) is 7.05 Å². The van der Waals surface area contributed by atoms with E-state index in [0.29, 0.717) is 18.4 Å². The number of ether oxygens (including phenoxy) is 1. The summed E-state index contributed by atoms with van der Waals surface area (Å²) in [7, 11) is 3.19. The Balaban J connectivity index is 2.72. The minimum Gasteiger partial charge on any atom is -0.469 e. The molecule has 0 aromatic heterocycles. The lowest BCUT2D eigenvalue weighted by Crippen LogP contribution is -2.18. The van der Waals surface area contributed by atoms with Crippen molar-refractivity contribution in [1.29, 1.82) is 0 Å². The van der Waals surface area contributed by atoms with Gasteiger partial charge in [0.05, 0.1) is 7.11 Å². The van der Waals surface area contributed by atoms with Gasteiger partial charge in [0, 0.05) is 12.5 Å². The van der Waals surface area contributed by atoms with Crippen LogP contribution in [0.15, 0.2) is 18.2 Å². The summed E-state index contributed by atoms with van der Waals surface area (Å²) < 4.78 is 17.7. The van der Waals surface area contributed by atoms with Gasteiger partial charge in [0.1, 0.15) is 5.82 Å². The average molecular weight is 239 g/mol. The van der Waals surface area contributed by atoms with Gasteiger partial charge >= 0.3 is 5.97 Å². The molecule has 0 bridgehead atoms. The van der Waals surface area contributed by atoms with E-state index >= 15 is 0 Å². The van der Waals surface area contributed by atoms with Gasteiger partial charge in [0.2, 0.25) is 0 Å². The molecule has 1 aromatic carbocycles. The van der Waals surface area contributed by atoms with Gasteiger partial charge in [-0.3, -0.25) is 4.79 Å². The van der Waals surface area contributed by atoms with Gasteiger partial charge in [-0.05, 0) is 37.6 Å². The monoisotopic (exact) mass is 239 g/mol. The number of aryl methyl sites for hydroxylation is 1. The van der Waals surface area contributed by atoms with E-state index in [9.17, 15) is 9.18 Å². The van der Waals surface area contributed by atoms with E-state index in [1.165, 1.54) is 13.2 Å². The van der Waals surface area contributed by atoms with Crippen molar-refractivity contribution >= 4 is 5.97 Å². The fraction of sp³-hybridized carbons (Fsp3) is 0.462. The maximum absolute atomic E-state index is 13.1. The molecule has 0 aliphatic rings. The first kappa shape index (κ1) is 13.6. The number of hydrogen-bond acceptors (Lipinski definition) is 3. The van der Waals surface area contributed by atoms with Gasteiger partial charge in [-0.15, -0.1) is 0 Å². The summed E-state index contributed by atoms with van der Waals surface area (Å²) in [4.78, 5) is 11.1. The molecule has 0 aliphatic carbocycles. The van der Waals surface area contributed by atoms with Crippen LogP contribution in [0.25, 0.3) is 0 Å². The van der Waals surface area contributed by atoms with Gasteiger partial charge in [-0.2, -0.15) is 0 Å². The Hall–Kier alpha value is -1.42. The van der Waals surface area contributed by atoms with E-state index < -0.39 is 0 Å². The molecular formula is C13H18FNO2. The molecule has 1 N–H and O–H groups in total. The predicted molar refractivity (Wildman–Crippen MR) is 64.2 cm³/mol. The maximum atomic E-state index is 13.1. The first-order valence-electron chi connectivity index (χ1n) is 5.58. The van der Waals surface area contributed by atoms with E-state index in [2.05, 4.69) is 10.1 Å². The Morgan fingerprint density at radius 3 is 2.76 bits per heavy atom. The molecule has 3 nitrogen and oxygen atoms in total. The standard InChI is InChI=1S/C13H18FNO2/c1-9-8-10(4-5-11(9)14)12(15-2)6-7-13(16)17-3/h4-5,8,12,15H,6-7H2,1-3H3. The summed E-state index contributed by atoms with van der Waals surface area (Å²) in [5.74, 6) is -0.444. The predicted octanol–water partition coefficient (Wildman–Crippen LogP) is 2.35. The van der Waals surface area contributed by atoms with Crippen LogP contribution < -0.4 is 5.32 Å². The van der Waals surface area contributed by atoms with E-state index in [1.54, 1.807) is 19.1 Å². The second-order valence-electron chi connectivity index (χ2n) is 3.96. The number of carbonyl (C=O) groups excluding carboxylic acids is 1. The number of benzene rings is 1. The summed E-state index contributed by atoms with van der Waals surface area (Å²) >= 11 is 0. The van der Waals surface area contributed by atoms with Crippen molar-refractivity contribution in [3.63, 3.8) is 0 Å². The lowest BCUT2D eigenvalue weighted by Gasteiger charge is -2.16.